The van der Waals surface area contributed by atoms with Crippen molar-refractivity contribution in [2.75, 3.05) is 0 Å². The van der Waals surface area contributed by atoms with Crippen molar-refractivity contribution in [1.82, 2.24) is 0 Å². The first-order valence-corrected chi connectivity index (χ1v) is 3.95. The van der Waals surface area contributed by atoms with Crippen LogP contribution in [0.2, 0.25) is 0 Å². The first-order valence-electron chi connectivity index (χ1n) is 3.52. The molecule has 0 amide bonds. The summed E-state index contributed by atoms with van der Waals surface area (Å²) in [6.45, 7) is 0. The van der Waals surface area contributed by atoms with E-state index >= 15 is 0 Å². The number of benzene rings is 1. The lowest BCUT2D eigenvalue weighted by molar-refractivity contribution is -0.136. The number of hydrogen-bond donors (Lipinski definition) is 1. The van der Waals surface area contributed by atoms with Crippen LogP contribution < -0.4 is 0 Å². The molecular weight excluding hydrogens is 190 g/mol. The Morgan fingerprint density at radius 1 is 1.46 bits per heavy atom. The predicted molar refractivity (Wildman–Crippen MR) is 47.4 cm³/mol. The van der Waals surface area contributed by atoms with Crippen LogP contribution in [0.15, 0.2) is 24.3 Å². The van der Waals surface area contributed by atoms with Gasteiger partial charge in [0.05, 0.1) is 11.6 Å². The molecule has 0 saturated carbocycles. The molecule has 0 aromatic heterocycles. The Balaban J connectivity index is 2.93. The van der Waals surface area contributed by atoms with Gasteiger partial charge in [0, 0.05) is 0 Å². The second-order valence-electron chi connectivity index (χ2n) is 2.43. The van der Waals surface area contributed by atoms with Gasteiger partial charge in [0.1, 0.15) is 0 Å². The van der Waals surface area contributed by atoms with Crippen molar-refractivity contribution in [1.29, 1.82) is 5.26 Å². The highest BCUT2D eigenvalue weighted by Crippen LogP contribution is 2.20. The Kier molecular flexibility index (Phi) is 2.88. The molecule has 1 rings (SSSR count). The number of carbonyl (C=O) groups is 1. The number of halogens is 1. The lowest BCUT2D eigenvalue weighted by Gasteiger charge is -2.03. The average molecular weight is 196 g/mol. The minimum absolute atomic E-state index is 0.480. The Morgan fingerprint density at radius 3 is 2.38 bits per heavy atom. The van der Waals surface area contributed by atoms with E-state index < -0.39 is 11.3 Å². The smallest absolute Gasteiger partial charge is 0.326 e. The maximum Gasteiger partial charge on any atom is 0.326 e. The molecular formula is C9H6ClNO2. The average Bonchev–Trinajstić information content (AvgIpc) is 2.17. The van der Waals surface area contributed by atoms with Gasteiger partial charge >= 0.3 is 5.97 Å². The fourth-order valence-corrected chi connectivity index (χ4v) is 1.01. The van der Waals surface area contributed by atoms with E-state index in [4.69, 9.17) is 22.0 Å². The summed E-state index contributed by atoms with van der Waals surface area (Å²) < 4.78 is 0. The first kappa shape index (κ1) is 9.56. The number of carboxylic acid groups (broad SMARTS) is 1. The van der Waals surface area contributed by atoms with Crippen LogP contribution in [0.4, 0.5) is 0 Å². The van der Waals surface area contributed by atoms with Gasteiger partial charge in [0.25, 0.3) is 0 Å². The summed E-state index contributed by atoms with van der Waals surface area (Å²) >= 11 is 5.55. The van der Waals surface area contributed by atoms with Gasteiger partial charge in [0.15, 0.2) is 5.38 Å². The van der Waals surface area contributed by atoms with Gasteiger partial charge < -0.3 is 5.11 Å². The minimum Gasteiger partial charge on any atom is -0.480 e. The van der Waals surface area contributed by atoms with Crippen molar-refractivity contribution in [3.05, 3.63) is 35.4 Å². The molecule has 0 radical (unpaired) electrons. The molecule has 0 bridgehead atoms. The number of alkyl halides is 1. The van der Waals surface area contributed by atoms with E-state index in [1.54, 1.807) is 0 Å². The minimum atomic E-state index is -1.09. The second-order valence-corrected chi connectivity index (χ2v) is 2.87. The van der Waals surface area contributed by atoms with Crippen LogP contribution in [-0.4, -0.2) is 11.1 Å². The zero-order valence-corrected chi connectivity index (χ0v) is 7.32. The van der Waals surface area contributed by atoms with Crippen LogP contribution in [0.25, 0.3) is 0 Å². The SMILES string of the molecule is N#Cc1ccc(C(Cl)C(=O)O)cc1. The number of nitriles is 1. The molecule has 66 valence electrons. The zero-order chi connectivity index (χ0) is 9.84. The monoisotopic (exact) mass is 195 g/mol. The molecule has 3 nitrogen and oxygen atoms in total. The molecule has 1 aromatic carbocycles. The maximum atomic E-state index is 10.5. The predicted octanol–water partition coefficient (Wildman–Crippen LogP) is 1.92. The molecule has 0 fully saturated rings. The third-order valence-corrected chi connectivity index (χ3v) is 1.99. The van der Waals surface area contributed by atoms with Crippen LogP contribution in [-0.2, 0) is 4.79 Å². The van der Waals surface area contributed by atoms with Gasteiger partial charge in [-0.05, 0) is 17.7 Å². The fourth-order valence-electron chi connectivity index (χ4n) is 0.869. The molecule has 0 saturated heterocycles. The molecule has 0 heterocycles. The topological polar surface area (TPSA) is 61.1 Å². The molecule has 1 unspecified atom stereocenters. The number of nitrogens with zero attached hydrogens (tertiary/aromatic N) is 1. The van der Waals surface area contributed by atoms with Crippen molar-refractivity contribution >= 4 is 17.6 Å². The number of aliphatic carboxylic acids is 1. The molecule has 4 heteroatoms. The van der Waals surface area contributed by atoms with Crippen LogP contribution in [0.5, 0.6) is 0 Å². The molecule has 0 aliphatic rings. The van der Waals surface area contributed by atoms with Gasteiger partial charge in [-0.25, -0.2) is 0 Å². The van der Waals surface area contributed by atoms with Gasteiger partial charge in [-0.1, -0.05) is 12.1 Å². The lowest BCUT2D eigenvalue weighted by atomic mass is 10.1. The molecule has 1 atom stereocenters. The largest absolute Gasteiger partial charge is 0.480 e. The van der Waals surface area contributed by atoms with E-state index in [0.29, 0.717) is 11.1 Å². The summed E-state index contributed by atoms with van der Waals surface area (Å²) in [6, 6.07) is 8.07. The summed E-state index contributed by atoms with van der Waals surface area (Å²) in [5.41, 5.74) is 0.964. The van der Waals surface area contributed by atoms with Gasteiger partial charge in [-0.15, -0.1) is 11.6 Å². The highest BCUT2D eigenvalue weighted by Gasteiger charge is 2.15. The Morgan fingerprint density at radius 2 is 2.00 bits per heavy atom. The van der Waals surface area contributed by atoms with Crippen LogP contribution in [0.3, 0.4) is 0 Å². The summed E-state index contributed by atoms with van der Waals surface area (Å²) in [4.78, 5) is 10.5. The van der Waals surface area contributed by atoms with Crippen LogP contribution in [0, 0.1) is 11.3 Å². The third-order valence-electron chi connectivity index (χ3n) is 1.55. The normalized spacial score (nSPS) is 11.7. The standard InChI is InChI=1S/C9H6ClNO2/c10-8(9(12)13)7-3-1-6(5-11)2-4-7/h1-4,8H,(H,12,13). The van der Waals surface area contributed by atoms with Crippen molar-refractivity contribution in [2.24, 2.45) is 0 Å². The highest BCUT2D eigenvalue weighted by molar-refractivity contribution is 6.29. The summed E-state index contributed by atoms with van der Waals surface area (Å²) in [6.07, 6.45) is 0. The van der Waals surface area contributed by atoms with E-state index in [1.165, 1.54) is 24.3 Å². The Hall–Kier alpha value is -1.53. The van der Waals surface area contributed by atoms with Gasteiger partial charge in [-0.2, -0.15) is 5.26 Å². The summed E-state index contributed by atoms with van der Waals surface area (Å²) in [5.74, 6) is -1.09. The summed E-state index contributed by atoms with van der Waals surface area (Å²) in [7, 11) is 0. The van der Waals surface area contributed by atoms with E-state index in [2.05, 4.69) is 0 Å². The molecule has 0 spiro atoms. The maximum absolute atomic E-state index is 10.5. The number of hydrogen-bond acceptors (Lipinski definition) is 2. The van der Waals surface area contributed by atoms with Crippen LogP contribution >= 0.6 is 11.6 Å². The first-order chi connectivity index (χ1) is 6.15. The third kappa shape index (κ3) is 2.20. The van der Waals surface area contributed by atoms with Crippen molar-refractivity contribution < 1.29 is 9.90 Å². The molecule has 0 aliphatic carbocycles. The second kappa shape index (κ2) is 3.92. The van der Waals surface area contributed by atoms with E-state index in [0.717, 1.165) is 0 Å². The van der Waals surface area contributed by atoms with Crippen molar-refractivity contribution in [3.8, 4) is 6.07 Å². The molecule has 0 aliphatic heterocycles. The number of carboxylic acids is 1. The Labute approximate surface area is 80.2 Å². The number of rotatable bonds is 2. The summed E-state index contributed by atoms with van der Waals surface area (Å²) in [5, 5.41) is 16.0. The van der Waals surface area contributed by atoms with Gasteiger partial charge in [-0.3, -0.25) is 4.79 Å². The van der Waals surface area contributed by atoms with Crippen LogP contribution in [0.1, 0.15) is 16.5 Å². The zero-order valence-electron chi connectivity index (χ0n) is 6.57. The lowest BCUT2D eigenvalue weighted by Crippen LogP contribution is -2.04. The van der Waals surface area contributed by atoms with E-state index in [1.807, 2.05) is 6.07 Å². The van der Waals surface area contributed by atoms with E-state index in [9.17, 15) is 4.79 Å². The Bertz CT molecular complexity index is 353. The van der Waals surface area contributed by atoms with E-state index in [-0.39, 0.29) is 0 Å². The molecule has 1 N–H and O–H groups in total. The quantitative estimate of drug-likeness (QED) is 0.734. The fraction of sp³-hybridized carbons (Fsp3) is 0.111. The van der Waals surface area contributed by atoms with Crippen molar-refractivity contribution in [2.45, 2.75) is 5.38 Å². The van der Waals surface area contributed by atoms with Gasteiger partial charge in [0.2, 0.25) is 0 Å². The highest BCUT2D eigenvalue weighted by atomic mass is 35.5. The molecule has 13 heavy (non-hydrogen) atoms. The molecule has 1 aromatic rings. The van der Waals surface area contributed by atoms with Crippen molar-refractivity contribution in [3.63, 3.8) is 0 Å².